The van der Waals surface area contributed by atoms with Gasteiger partial charge in [0.15, 0.2) is 0 Å². The molecule has 2 rings (SSSR count). The van der Waals surface area contributed by atoms with Crippen LogP contribution in [0, 0.1) is 11.3 Å². The third-order valence-electron chi connectivity index (χ3n) is 4.11. The van der Waals surface area contributed by atoms with Gasteiger partial charge in [-0.05, 0) is 46.0 Å². The summed E-state index contributed by atoms with van der Waals surface area (Å²) in [6, 6.07) is 2.39. The molecule has 2 unspecified atom stereocenters. The van der Waals surface area contributed by atoms with Crippen molar-refractivity contribution in [3.63, 3.8) is 0 Å². The highest BCUT2D eigenvalue weighted by atomic mass is 19.4. The van der Waals surface area contributed by atoms with Crippen LogP contribution in [0.2, 0.25) is 0 Å². The smallest absolute Gasteiger partial charge is 0.297 e. The molecule has 2 aliphatic carbocycles. The molecule has 20 heavy (non-hydrogen) atoms. The number of halogens is 3. The average Bonchev–Trinajstić information content (AvgIpc) is 3.07. The van der Waals surface area contributed by atoms with Crippen LogP contribution in [-0.2, 0) is 0 Å². The fourth-order valence-corrected chi connectivity index (χ4v) is 3.29. The van der Waals surface area contributed by atoms with E-state index in [1.807, 2.05) is 13.8 Å². The quantitative estimate of drug-likeness (QED) is 0.846. The van der Waals surface area contributed by atoms with Gasteiger partial charge in [-0.2, -0.15) is 18.4 Å². The maximum absolute atomic E-state index is 12.7. The van der Waals surface area contributed by atoms with Gasteiger partial charge in [-0.15, -0.1) is 0 Å². The highest BCUT2D eigenvalue weighted by Crippen LogP contribution is 2.40. The van der Waals surface area contributed by atoms with Gasteiger partial charge in [-0.1, -0.05) is 0 Å². The third kappa shape index (κ3) is 3.86. The zero-order valence-electron chi connectivity index (χ0n) is 12.0. The number of nitriles is 1. The van der Waals surface area contributed by atoms with Gasteiger partial charge in [-0.25, -0.2) is 0 Å². The highest BCUT2D eigenvalue weighted by Gasteiger charge is 2.47. The molecule has 2 fully saturated rings. The molecule has 0 radical (unpaired) electrons. The summed E-state index contributed by atoms with van der Waals surface area (Å²) in [7, 11) is 0. The lowest BCUT2D eigenvalue weighted by atomic mass is 9.98. The summed E-state index contributed by atoms with van der Waals surface area (Å²) in [6.45, 7) is 3.08. The van der Waals surface area contributed by atoms with Gasteiger partial charge in [-0.3, -0.25) is 10.2 Å². The van der Waals surface area contributed by atoms with Gasteiger partial charge < -0.3 is 0 Å². The van der Waals surface area contributed by atoms with Crippen molar-refractivity contribution in [2.45, 2.75) is 75.8 Å². The van der Waals surface area contributed by atoms with Crippen molar-refractivity contribution < 1.29 is 13.2 Å². The maximum Gasteiger partial charge on any atom is 0.401 e. The Bertz CT molecular complexity index is 384. The normalized spacial score (nSPS) is 31.0. The first kappa shape index (κ1) is 15.6. The maximum atomic E-state index is 12.7. The first-order valence-electron chi connectivity index (χ1n) is 7.26. The zero-order chi connectivity index (χ0) is 15.0. The molecule has 6 heteroatoms. The Morgan fingerprint density at radius 1 is 1.30 bits per heavy atom. The van der Waals surface area contributed by atoms with E-state index in [-0.39, 0.29) is 18.1 Å². The Morgan fingerprint density at radius 3 is 2.40 bits per heavy atom. The third-order valence-corrected chi connectivity index (χ3v) is 4.11. The van der Waals surface area contributed by atoms with E-state index >= 15 is 0 Å². The number of rotatable bonds is 5. The van der Waals surface area contributed by atoms with E-state index in [0.29, 0.717) is 19.3 Å². The van der Waals surface area contributed by atoms with E-state index in [1.54, 1.807) is 4.90 Å². The summed E-state index contributed by atoms with van der Waals surface area (Å²) in [6.07, 6.45) is -0.666. The van der Waals surface area contributed by atoms with Gasteiger partial charge in [0.25, 0.3) is 0 Å². The average molecular weight is 289 g/mol. The molecule has 0 heterocycles. The molecule has 2 aliphatic rings. The van der Waals surface area contributed by atoms with Crippen LogP contribution in [0.15, 0.2) is 0 Å². The van der Waals surface area contributed by atoms with Crippen LogP contribution in [-0.4, -0.2) is 41.3 Å². The molecule has 114 valence electrons. The molecule has 0 aromatic rings. The molecule has 0 amide bonds. The Morgan fingerprint density at radius 2 is 1.95 bits per heavy atom. The van der Waals surface area contributed by atoms with E-state index in [1.165, 1.54) is 0 Å². The number of alkyl halides is 3. The SMILES string of the molecule is CC(C)NC1(C#N)CCC(N(CC(F)(F)F)C2CC2)C1. The van der Waals surface area contributed by atoms with Crippen LogP contribution in [0.3, 0.4) is 0 Å². The van der Waals surface area contributed by atoms with Gasteiger partial charge >= 0.3 is 6.18 Å². The molecular weight excluding hydrogens is 267 g/mol. The van der Waals surface area contributed by atoms with E-state index in [2.05, 4.69) is 11.4 Å². The fraction of sp³-hybridized carbons (Fsp3) is 0.929. The standard InChI is InChI=1S/C14H22F3N3/c1-10(2)19-13(8-18)6-5-12(7-13)20(11-3-4-11)9-14(15,16)17/h10-12,19H,3-7,9H2,1-2H3. The molecule has 3 nitrogen and oxygen atoms in total. The Hall–Kier alpha value is -0.800. The van der Waals surface area contributed by atoms with Crippen molar-refractivity contribution in [3.8, 4) is 6.07 Å². The molecule has 0 saturated heterocycles. The second-order valence-electron chi connectivity index (χ2n) is 6.41. The minimum absolute atomic E-state index is 0.0650. The van der Waals surface area contributed by atoms with Crippen LogP contribution in [0.1, 0.15) is 46.0 Å². The Kier molecular flexibility index (Phi) is 4.31. The van der Waals surface area contributed by atoms with Crippen molar-refractivity contribution in [1.82, 2.24) is 10.2 Å². The van der Waals surface area contributed by atoms with Crippen LogP contribution < -0.4 is 5.32 Å². The van der Waals surface area contributed by atoms with Crippen molar-refractivity contribution in [1.29, 1.82) is 5.26 Å². The molecular formula is C14H22F3N3. The van der Waals surface area contributed by atoms with Gasteiger partial charge in [0, 0.05) is 18.1 Å². The summed E-state index contributed by atoms with van der Waals surface area (Å²) in [4.78, 5) is 1.58. The van der Waals surface area contributed by atoms with Crippen molar-refractivity contribution in [2.75, 3.05) is 6.54 Å². The summed E-state index contributed by atoms with van der Waals surface area (Å²) in [5.41, 5.74) is -0.655. The molecule has 2 atom stereocenters. The first-order valence-corrected chi connectivity index (χ1v) is 7.26. The number of nitrogens with zero attached hydrogens (tertiary/aromatic N) is 2. The van der Waals surface area contributed by atoms with Crippen LogP contribution >= 0.6 is 0 Å². The topological polar surface area (TPSA) is 39.1 Å². The van der Waals surface area contributed by atoms with Crippen LogP contribution in [0.25, 0.3) is 0 Å². The Balaban J connectivity index is 2.04. The lowest BCUT2D eigenvalue weighted by Crippen LogP contribution is -2.48. The predicted octanol–water partition coefficient (Wildman–Crippen LogP) is 2.83. The van der Waals surface area contributed by atoms with Crippen LogP contribution in [0.4, 0.5) is 13.2 Å². The van der Waals surface area contributed by atoms with Gasteiger partial charge in [0.1, 0.15) is 5.54 Å². The highest BCUT2D eigenvalue weighted by molar-refractivity contribution is 5.14. The molecule has 0 spiro atoms. The van der Waals surface area contributed by atoms with Crippen molar-refractivity contribution >= 4 is 0 Å². The largest absolute Gasteiger partial charge is 0.401 e. The van der Waals surface area contributed by atoms with E-state index in [0.717, 1.165) is 12.8 Å². The van der Waals surface area contributed by atoms with E-state index < -0.39 is 18.3 Å². The minimum atomic E-state index is -4.16. The fourth-order valence-electron chi connectivity index (χ4n) is 3.29. The second-order valence-corrected chi connectivity index (χ2v) is 6.41. The van der Waals surface area contributed by atoms with Gasteiger partial charge in [0.05, 0.1) is 12.6 Å². The number of hydrogen-bond donors (Lipinski definition) is 1. The summed E-state index contributed by atoms with van der Waals surface area (Å²) >= 11 is 0. The van der Waals surface area contributed by atoms with Gasteiger partial charge in [0.2, 0.25) is 0 Å². The predicted molar refractivity (Wildman–Crippen MR) is 70.0 cm³/mol. The lowest BCUT2D eigenvalue weighted by Gasteiger charge is -2.31. The summed E-state index contributed by atoms with van der Waals surface area (Å²) in [5, 5.41) is 12.6. The molecule has 0 aromatic carbocycles. The van der Waals surface area contributed by atoms with E-state index in [4.69, 9.17) is 0 Å². The van der Waals surface area contributed by atoms with Crippen molar-refractivity contribution in [3.05, 3.63) is 0 Å². The monoisotopic (exact) mass is 289 g/mol. The molecule has 1 N–H and O–H groups in total. The van der Waals surface area contributed by atoms with Crippen LogP contribution in [0.5, 0.6) is 0 Å². The first-order chi connectivity index (χ1) is 9.25. The molecule has 2 saturated carbocycles. The molecule has 0 bridgehead atoms. The summed E-state index contributed by atoms with van der Waals surface area (Å²) in [5.74, 6) is 0. The van der Waals surface area contributed by atoms with Crippen molar-refractivity contribution in [2.24, 2.45) is 0 Å². The Labute approximate surface area is 118 Å². The molecule has 0 aromatic heterocycles. The summed E-state index contributed by atoms with van der Waals surface area (Å²) < 4.78 is 38.1. The second kappa shape index (κ2) is 5.53. The minimum Gasteiger partial charge on any atom is -0.297 e. The number of nitrogens with one attached hydrogen (secondary N) is 1. The lowest BCUT2D eigenvalue weighted by molar-refractivity contribution is -0.152. The zero-order valence-corrected chi connectivity index (χ0v) is 12.0. The van der Waals surface area contributed by atoms with E-state index in [9.17, 15) is 18.4 Å². The number of hydrogen-bond acceptors (Lipinski definition) is 3. The molecule has 0 aliphatic heterocycles.